The van der Waals surface area contributed by atoms with Gasteiger partial charge in [-0.05, 0) is 31.6 Å². The first-order chi connectivity index (χ1) is 11.3. The lowest BCUT2D eigenvalue weighted by molar-refractivity contribution is 0.185. The molecule has 1 aliphatic carbocycles. The number of nitrogens with one attached hydrogen (secondary N) is 1. The summed E-state index contributed by atoms with van der Waals surface area (Å²) < 4.78 is 7.31. The molecule has 2 aromatic rings. The van der Waals surface area contributed by atoms with E-state index in [0.717, 1.165) is 48.9 Å². The van der Waals surface area contributed by atoms with Crippen molar-refractivity contribution in [2.45, 2.75) is 44.4 Å². The lowest BCUT2D eigenvalue weighted by Gasteiger charge is -2.13. The highest BCUT2D eigenvalue weighted by molar-refractivity contribution is 5.86. The van der Waals surface area contributed by atoms with Crippen LogP contribution in [0, 0.1) is 5.92 Å². The van der Waals surface area contributed by atoms with Crippen molar-refractivity contribution in [1.29, 1.82) is 0 Å². The Morgan fingerprint density at radius 1 is 1.26 bits per heavy atom. The minimum absolute atomic E-state index is 0.512. The molecule has 2 aromatic heterocycles. The van der Waals surface area contributed by atoms with Crippen molar-refractivity contribution in [1.82, 2.24) is 19.7 Å². The molecule has 124 valence electrons. The van der Waals surface area contributed by atoms with Crippen molar-refractivity contribution in [2.75, 3.05) is 25.1 Å². The van der Waals surface area contributed by atoms with Crippen LogP contribution in [0.3, 0.4) is 0 Å². The predicted octanol–water partition coefficient (Wildman–Crippen LogP) is 2.86. The first-order valence-electron chi connectivity index (χ1n) is 8.82. The number of nitrogens with zero attached hydrogens (tertiary/aromatic N) is 4. The summed E-state index contributed by atoms with van der Waals surface area (Å²) in [5, 5.41) is 8.92. The number of fused-ring (bicyclic) bond motifs is 1. The number of anilines is 1. The third-order valence-corrected chi connectivity index (χ3v) is 5.20. The van der Waals surface area contributed by atoms with E-state index >= 15 is 0 Å². The zero-order chi connectivity index (χ0) is 15.6. The van der Waals surface area contributed by atoms with Gasteiger partial charge in [-0.1, -0.05) is 12.8 Å². The molecule has 2 aliphatic rings. The normalized spacial score (nSPS) is 22.2. The molecule has 1 N–H and O–H groups in total. The first-order valence-corrected chi connectivity index (χ1v) is 8.82. The van der Waals surface area contributed by atoms with Crippen LogP contribution >= 0.6 is 0 Å². The highest BCUT2D eigenvalue weighted by atomic mass is 16.5. The van der Waals surface area contributed by atoms with Crippen LogP contribution in [0.4, 0.5) is 5.82 Å². The molecular weight excluding hydrogens is 290 g/mol. The molecule has 1 saturated heterocycles. The Bertz CT molecular complexity index is 671. The standard InChI is InChI=1S/C17H25N5O/c1-22-17-14(10-19-22)16(18-8-6-12-7-9-23-11-12)20-15(21-17)13-4-2-3-5-13/h10,12-13H,2-9,11H2,1H3,(H,18,20,21)/t12-/m1/s1. The van der Waals surface area contributed by atoms with Crippen molar-refractivity contribution in [3.05, 3.63) is 12.0 Å². The van der Waals surface area contributed by atoms with E-state index in [2.05, 4.69) is 10.4 Å². The smallest absolute Gasteiger partial charge is 0.163 e. The summed E-state index contributed by atoms with van der Waals surface area (Å²) in [6, 6.07) is 0. The fourth-order valence-corrected chi connectivity index (χ4v) is 3.75. The van der Waals surface area contributed by atoms with Crippen LogP contribution in [0.2, 0.25) is 0 Å². The zero-order valence-corrected chi connectivity index (χ0v) is 13.8. The number of rotatable bonds is 5. The van der Waals surface area contributed by atoms with Gasteiger partial charge in [0.1, 0.15) is 11.6 Å². The number of ether oxygens (including phenoxy) is 1. The van der Waals surface area contributed by atoms with Crippen LogP contribution in [0.5, 0.6) is 0 Å². The third-order valence-electron chi connectivity index (χ3n) is 5.20. The van der Waals surface area contributed by atoms with Gasteiger partial charge >= 0.3 is 0 Å². The van der Waals surface area contributed by atoms with Gasteiger partial charge in [-0.2, -0.15) is 5.10 Å². The molecule has 6 nitrogen and oxygen atoms in total. The Labute approximate surface area is 136 Å². The summed E-state index contributed by atoms with van der Waals surface area (Å²) >= 11 is 0. The van der Waals surface area contributed by atoms with E-state index in [1.54, 1.807) is 0 Å². The molecule has 0 unspecified atom stereocenters. The van der Waals surface area contributed by atoms with E-state index in [4.69, 9.17) is 14.7 Å². The minimum atomic E-state index is 0.512. The van der Waals surface area contributed by atoms with Crippen molar-refractivity contribution in [3.63, 3.8) is 0 Å². The lowest BCUT2D eigenvalue weighted by Crippen LogP contribution is -2.12. The molecule has 1 aliphatic heterocycles. The number of hydrogen-bond donors (Lipinski definition) is 1. The Hall–Kier alpha value is -1.69. The second-order valence-corrected chi connectivity index (χ2v) is 6.86. The molecule has 1 saturated carbocycles. The fraction of sp³-hybridized carbons (Fsp3) is 0.706. The maximum Gasteiger partial charge on any atom is 0.163 e. The van der Waals surface area contributed by atoms with Gasteiger partial charge in [0.2, 0.25) is 0 Å². The van der Waals surface area contributed by atoms with Gasteiger partial charge in [-0.15, -0.1) is 0 Å². The Morgan fingerprint density at radius 3 is 2.91 bits per heavy atom. The van der Waals surface area contributed by atoms with Crippen molar-refractivity contribution < 1.29 is 4.74 Å². The molecule has 0 bridgehead atoms. The molecule has 1 atom stereocenters. The number of aromatic nitrogens is 4. The molecule has 0 aromatic carbocycles. The summed E-state index contributed by atoms with van der Waals surface area (Å²) in [5.41, 5.74) is 0.939. The number of hydrogen-bond acceptors (Lipinski definition) is 5. The van der Waals surface area contributed by atoms with E-state index in [1.807, 2.05) is 17.9 Å². The second kappa shape index (κ2) is 6.43. The van der Waals surface area contributed by atoms with Crippen LogP contribution in [0.25, 0.3) is 11.0 Å². The average Bonchev–Trinajstić information content (AvgIpc) is 3.29. The van der Waals surface area contributed by atoms with Crippen molar-refractivity contribution in [3.8, 4) is 0 Å². The molecule has 0 spiro atoms. The van der Waals surface area contributed by atoms with Crippen molar-refractivity contribution >= 4 is 16.9 Å². The maximum atomic E-state index is 5.45. The number of aryl methyl sites for hydroxylation is 1. The van der Waals surface area contributed by atoms with Gasteiger partial charge in [0, 0.05) is 32.7 Å². The first kappa shape index (κ1) is 14.9. The summed E-state index contributed by atoms with van der Waals surface area (Å²) in [6.07, 6.45) is 9.19. The Balaban J connectivity index is 1.55. The van der Waals surface area contributed by atoms with Crippen LogP contribution in [0.15, 0.2) is 6.20 Å². The summed E-state index contributed by atoms with van der Waals surface area (Å²) in [7, 11) is 1.95. The minimum Gasteiger partial charge on any atom is -0.381 e. The average molecular weight is 315 g/mol. The molecule has 0 radical (unpaired) electrons. The van der Waals surface area contributed by atoms with E-state index in [0.29, 0.717) is 11.8 Å². The monoisotopic (exact) mass is 315 g/mol. The predicted molar refractivity (Wildman–Crippen MR) is 89.5 cm³/mol. The molecule has 4 rings (SSSR count). The SMILES string of the molecule is Cn1ncc2c(NCC[C@@H]3CCOC3)nc(C3CCCC3)nc21. The Morgan fingerprint density at radius 2 is 2.13 bits per heavy atom. The van der Waals surface area contributed by atoms with E-state index in [9.17, 15) is 0 Å². The van der Waals surface area contributed by atoms with Gasteiger partial charge in [0.25, 0.3) is 0 Å². The van der Waals surface area contributed by atoms with E-state index in [1.165, 1.54) is 32.1 Å². The Kier molecular flexibility index (Phi) is 4.16. The van der Waals surface area contributed by atoms with Gasteiger partial charge < -0.3 is 10.1 Å². The van der Waals surface area contributed by atoms with Crippen LogP contribution in [-0.2, 0) is 11.8 Å². The quantitative estimate of drug-likeness (QED) is 0.919. The van der Waals surface area contributed by atoms with Crippen LogP contribution < -0.4 is 5.32 Å². The van der Waals surface area contributed by atoms with E-state index < -0.39 is 0 Å². The lowest BCUT2D eigenvalue weighted by atomic mass is 10.1. The topological polar surface area (TPSA) is 64.9 Å². The highest BCUT2D eigenvalue weighted by Gasteiger charge is 2.22. The summed E-state index contributed by atoms with van der Waals surface area (Å²) in [4.78, 5) is 9.65. The molecular formula is C17H25N5O. The van der Waals surface area contributed by atoms with Crippen molar-refractivity contribution in [2.24, 2.45) is 13.0 Å². The van der Waals surface area contributed by atoms with Gasteiger partial charge in [-0.25, -0.2) is 9.97 Å². The summed E-state index contributed by atoms with van der Waals surface area (Å²) in [6.45, 7) is 2.75. The van der Waals surface area contributed by atoms with Gasteiger partial charge in [-0.3, -0.25) is 4.68 Å². The molecule has 23 heavy (non-hydrogen) atoms. The molecule has 2 fully saturated rings. The van der Waals surface area contributed by atoms with E-state index in [-0.39, 0.29) is 0 Å². The molecule has 6 heteroatoms. The summed E-state index contributed by atoms with van der Waals surface area (Å²) in [5.74, 6) is 3.13. The highest BCUT2D eigenvalue weighted by Crippen LogP contribution is 2.34. The largest absolute Gasteiger partial charge is 0.381 e. The molecule has 0 amide bonds. The van der Waals surface area contributed by atoms with Gasteiger partial charge in [0.05, 0.1) is 11.6 Å². The van der Waals surface area contributed by atoms with Crippen LogP contribution in [0.1, 0.15) is 50.3 Å². The van der Waals surface area contributed by atoms with Crippen LogP contribution in [-0.4, -0.2) is 39.5 Å². The second-order valence-electron chi connectivity index (χ2n) is 6.86. The zero-order valence-electron chi connectivity index (χ0n) is 13.8. The maximum absolute atomic E-state index is 5.45. The fourth-order valence-electron chi connectivity index (χ4n) is 3.75. The van der Waals surface area contributed by atoms with Gasteiger partial charge in [0.15, 0.2) is 5.65 Å². The molecule has 3 heterocycles. The third kappa shape index (κ3) is 3.04.